The number of rotatable bonds is 5. The van der Waals surface area contributed by atoms with Crippen molar-refractivity contribution in [2.24, 2.45) is 5.92 Å². The Labute approximate surface area is 188 Å². The van der Waals surface area contributed by atoms with Crippen molar-refractivity contribution < 1.29 is 22.8 Å². The number of carbonyl (C=O) groups excluding carboxylic acids is 3. The highest BCUT2D eigenvalue weighted by atomic mass is 32.2. The van der Waals surface area contributed by atoms with Gasteiger partial charge in [-0.3, -0.25) is 14.5 Å². The first-order valence-electron chi connectivity index (χ1n) is 11.1. The molecule has 0 radical (unpaired) electrons. The van der Waals surface area contributed by atoms with E-state index in [0.717, 1.165) is 19.3 Å². The van der Waals surface area contributed by atoms with Gasteiger partial charge in [-0.2, -0.15) is 4.31 Å². The Balaban J connectivity index is 1.38. The van der Waals surface area contributed by atoms with Crippen LogP contribution in [0.2, 0.25) is 0 Å². The largest absolute Gasteiger partial charge is 0.326 e. The predicted octanol–water partition coefficient (Wildman–Crippen LogP) is 1.65. The molecule has 9 nitrogen and oxygen atoms in total. The van der Waals surface area contributed by atoms with E-state index in [4.69, 9.17) is 0 Å². The molecule has 0 aromatic heterocycles. The molecule has 32 heavy (non-hydrogen) atoms. The summed E-state index contributed by atoms with van der Waals surface area (Å²) < 4.78 is 27.3. The van der Waals surface area contributed by atoms with E-state index in [0.29, 0.717) is 25.1 Å². The molecule has 2 aliphatic heterocycles. The molecule has 3 fully saturated rings. The third-order valence-electron chi connectivity index (χ3n) is 7.07. The molecule has 2 heterocycles. The van der Waals surface area contributed by atoms with Crippen LogP contribution in [0.15, 0.2) is 29.2 Å². The van der Waals surface area contributed by atoms with Gasteiger partial charge < -0.3 is 5.32 Å². The van der Waals surface area contributed by atoms with Crippen LogP contribution in [0.25, 0.3) is 0 Å². The first-order chi connectivity index (χ1) is 15.1. The monoisotopic (exact) mass is 462 g/mol. The summed E-state index contributed by atoms with van der Waals surface area (Å²) in [7, 11) is -3.67. The molecule has 10 heteroatoms. The van der Waals surface area contributed by atoms with Gasteiger partial charge >= 0.3 is 6.03 Å². The average molecular weight is 463 g/mol. The molecule has 3 amide bonds. The third kappa shape index (κ3) is 3.95. The van der Waals surface area contributed by atoms with Gasteiger partial charge in [0.25, 0.3) is 5.91 Å². The van der Waals surface area contributed by atoms with E-state index in [1.807, 2.05) is 11.8 Å². The molecule has 3 aliphatic rings. The van der Waals surface area contributed by atoms with Gasteiger partial charge in [-0.05, 0) is 37.8 Å². The lowest BCUT2D eigenvalue weighted by Crippen LogP contribution is -2.55. The Morgan fingerprint density at radius 2 is 1.75 bits per heavy atom. The number of amides is 3. The number of hydrogen-bond donors (Lipinski definition) is 1. The molecule has 174 valence electrons. The molecule has 1 spiro atoms. The van der Waals surface area contributed by atoms with Crippen LogP contribution in [-0.4, -0.2) is 78.6 Å². The van der Waals surface area contributed by atoms with Crippen LogP contribution in [-0.2, 0) is 14.8 Å². The maximum Gasteiger partial charge on any atom is 0.326 e. The fraction of sp³-hybridized carbons (Fsp3) is 0.591. The number of urea groups is 1. The van der Waals surface area contributed by atoms with Crippen LogP contribution in [0, 0.1) is 5.92 Å². The number of sulfonamides is 1. The number of nitrogens with one attached hydrogen (secondary N) is 1. The average Bonchev–Trinajstić information content (AvgIpc) is 3.01. The van der Waals surface area contributed by atoms with Gasteiger partial charge in [-0.1, -0.05) is 31.9 Å². The second-order valence-electron chi connectivity index (χ2n) is 9.03. The topological polar surface area (TPSA) is 107 Å². The second kappa shape index (κ2) is 8.57. The summed E-state index contributed by atoms with van der Waals surface area (Å²) in [6.07, 6.45) is 3.58. The number of imide groups is 1. The van der Waals surface area contributed by atoms with E-state index in [1.165, 1.54) is 40.4 Å². The molecule has 1 aliphatic carbocycles. The van der Waals surface area contributed by atoms with Crippen LogP contribution in [0.3, 0.4) is 0 Å². The maximum absolute atomic E-state index is 13.1. The predicted molar refractivity (Wildman–Crippen MR) is 117 cm³/mol. The van der Waals surface area contributed by atoms with Crippen LogP contribution < -0.4 is 5.32 Å². The summed E-state index contributed by atoms with van der Waals surface area (Å²) in [5.74, 6) is -0.170. The minimum atomic E-state index is -3.67. The lowest BCUT2D eigenvalue weighted by Gasteiger charge is -2.38. The maximum atomic E-state index is 13.1. The van der Waals surface area contributed by atoms with E-state index in [1.54, 1.807) is 0 Å². The molecule has 1 aromatic rings. The number of hydrogen-bond acceptors (Lipinski definition) is 6. The Morgan fingerprint density at radius 3 is 2.34 bits per heavy atom. The Morgan fingerprint density at radius 1 is 1.09 bits per heavy atom. The SMILES string of the molecule is CC(=O)c1ccc(S(=O)(=O)N2CCN(CN3C(=O)N[C@]4(CCCC[C@@H]4C)C3=O)CC2)cc1. The van der Waals surface area contributed by atoms with Crippen LogP contribution in [0.1, 0.15) is 49.9 Å². The molecule has 2 saturated heterocycles. The smallest absolute Gasteiger partial charge is 0.323 e. The standard InChI is InChI=1S/C22H30N4O5S/c1-16-5-3-4-10-22(16)20(28)26(21(29)23-22)15-24-11-13-25(14-12-24)32(30,31)19-8-6-18(7-9-19)17(2)27/h6-9,16H,3-5,10-15H2,1-2H3,(H,23,29)/t16-,22-/m0/s1. The van der Waals surface area contributed by atoms with Gasteiger partial charge in [0.05, 0.1) is 11.6 Å². The normalized spacial score (nSPS) is 27.7. The third-order valence-corrected chi connectivity index (χ3v) is 8.99. The minimum absolute atomic E-state index is 0.106. The molecular formula is C22H30N4O5S. The lowest BCUT2D eigenvalue weighted by molar-refractivity contribution is -0.135. The van der Waals surface area contributed by atoms with Gasteiger partial charge in [0.1, 0.15) is 5.54 Å². The summed E-state index contributed by atoms with van der Waals surface area (Å²) in [5, 5.41) is 2.96. The van der Waals surface area contributed by atoms with E-state index >= 15 is 0 Å². The molecule has 4 rings (SSSR count). The van der Waals surface area contributed by atoms with Crippen molar-refractivity contribution in [2.75, 3.05) is 32.8 Å². The van der Waals surface area contributed by atoms with Crippen molar-refractivity contribution in [1.29, 1.82) is 0 Å². The summed E-state index contributed by atoms with van der Waals surface area (Å²) in [4.78, 5) is 40.5. The summed E-state index contributed by atoms with van der Waals surface area (Å²) in [6.45, 7) is 5.00. The Hall–Kier alpha value is -2.30. The number of Topliss-reactive ketones (excluding diaryl/α,β-unsaturated/α-hetero) is 1. The van der Waals surface area contributed by atoms with Gasteiger partial charge in [0, 0.05) is 31.7 Å². The lowest BCUT2D eigenvalue weighted by atomic mass is 9.73. The highest BCUT2D eigenvalue weighted by molar-refractivity contribution is 7.89. The van der Waals surface area contributed by atoms with Gasteiger partial charge in [0.2, 0.25) is 10.0 Å². The van der Waals surface area contributed by atoms with E-state index < -0.39 is 15.6 Å². The van der Waals surface area contributed by atoms with Gasteiger partial charge in [-0.25, -0.2) is 18.1 Å². The van der Waals surface area contributed by atoms with Crippen molar-refractivity contribution in [1.82, 2.24) is 19.4 Å². The number of nitrogens with zero attached hydrogens (tertiary/aromatic N) is 3. The zero-order valence-corrected chi connectivity index (χ0v) is 19.4. The zero-order chi connectivity index (χ0) is 23.1. The van der Waals surface area contributed by atoms with Crippen molar-refractivity contribution in [3.8, 4) is 0 Å². The van der Waals surface area contributed by atoms with Gasteiger partial charge in [-0.15, -0.1) is 0 Å². The van der Waals surface area contributed by atoms with Crippen LogP contribution >= 0.6 is 0 Å². The fourth-order valence-electron chi connectivity index (χ4n) is 4.95. The molecule has 0 bridgehead atoms. The second-order valence-corrected chi connectivity index (χ2v) is 11.0. The van der Waals surface area contributed by atoms with E-state index in [-0.39, 0.29) is 48.3 Å². The van der Waals surface area contributed by atoms with Gasteiger partial charge in [0.15, 0.2) is 5.78 Å². The van der Waals surface area contributed by atoms with E-state index in [2.05, 4.69) is 5.32 Å². The first kappa shape index (κ1) is 22.9. The van der Waals surface area contributed by atoms with Crippen molar-refractivity contribution in [3.63, 3.8) is 0 Å². The van der Waals surface area contributed by atoms with E-state index in [9.17, 15) is 22.8 Å². The zero-order valence-electron chi connectivity index (χ0n) is 18.5. The molecule has 0 unspecified atom stereocenters. The minimum Gasteiger partial charge on any atom is -0.323 e. The number of benzene rings is 1. The summed E-state index contributed by atoms with van der Waals surface area (Å²) in [6, 6.07) is 5.59. The van der Waals surface area contributed by atoms with Crippen molar-refractivity contribution in [2.45, 2.75) is 50.0 Å². The fourth-order valence-corrected chi connectivity index (χ4v) is 6.37. The highest BCUT2D eigenvalue weighted by Crippen LogP contribution is 2.38. The molecule has 2 atom stereocenters. The van der Waals surface area contributed by atoms with Crippen molar-refractivity contribution in [3.05, 3.63) is 29.8 Å². The summed E-state index contributed by atoms with van der Waals surface area (Å²) >= 11 is 0. The number of ketones is 1. The van der Waals surface area contributed by atoms with Crippen LogP contribution in [0.4, 0.5) is 4.79 Å². The molecular weight excluding hydrogens is 432 g/mol. The number of piperazine rings is 1. The van der Waals surface area contributed by atoms with Crippen molar-refractivity contribution >= 4 is 27.7 Å². The highest BCUT2D eigenvalue weighted by Gasteiger charge is 2.55. The van der Waals surface area contributed by atoms with Crippen LogP contribution in [0.5, 0.6) is 0 Å². The Kier molecular flexibility index (Phi) is 6.12. The molecule has 1 N–H and O–H groups in total. The number of carbonyl (C=O) groups is 3. The quantitative estimate of drug-likeness (QED) is 0.527. The first-order valence-corrected chi connectivity index (χ1v) is 12.6. The summed E-state index contributed by atoms with van der Waals surface area (Å²) in [5.41, 5.74) is -0.320. The molecule has 1 aromatic carbocycles. The molecule has 1 saturated carbocycles. The Bertz CT molecular complexity index is 1020.